The van der Waals surface area contributed by atoms with Crippen molar-refractivity contribution >= 4 is 35.5 Å². The van der Waals surface area contributed by atoms with Crippen molar-refractivity contribution in [2.24, 2.45) is 11.7 Å². The van der Waals surface area contributed by atoms with Crippen LogP contribution >= 0.6 is 11.8 Å². The highest BCUT2D eigenvalue weighted by molar-refractivity contribution is 7.98. The number of aliphatic hydroxyl groups is 1. The largest absolute Gasteiger partial charge is 0.480 e. The number of thioether (sulfide) groups is 1. The topological polar surface area (TPSA) is 162 Å². The number of aliphatic carboxylic acids is 1. The number of carbonyl (C=O) groups is 4. The summed E-state index contributed by atoms with van der Waals surface area (Å²) in [6.45, 7) is 5.17. The van der Waals surface area contributed by atoms with E-state index in [0.717, 1.165) is 0 Å². The van der Waals surface area contributed by atoms with Gasteiger partial charge >= 0.3 is 5.97 Å². The number of nitrogens with zero attached hydrogens (tertiary/aromatic N) is 1. The summed E-state index contributed by atoms with van der Waals surface area (Å²) in [7, 11) is 0. The van der Waals surface area contributed by atoms with Crippen molar-refractivity contribution in [1.82, 2.24) is 15.5 Å². The van der Waals surface area contributed by atoms with E-state index in [4.69, 9.17) is 5.73 Å². The van der Waals surface area contributed by atoms with Crippen LogP contribution in [-0.2, 0) is 19.2 Å². The van der Waals surface area contributed by atoms with Crippen LogP contribution in [-0.4, -0.2) is 87.6 Å². The van der Waals surface area contributed by atoms with Gasteiger partial charge in [-0.3, -0.25) is 14.4 Å². The van der Waals surface area contributed by atoms with Crippen molar-refractivity contribution in [3.63, 3.8) is 0 Å². The molecule has 1 fully saturated rings. The second kappa shape index (κ2) is 12.1. The average molecular weight is 447 g/mol. The van der Waals surface area contributed by atoms with E-state index < -0.39 is 54.0 Å². The summed E-state index contributed by atoms with van der Waals surface area (Å²) >= 11 is 1.48. The summed E-state index contributed by atoms with van der Waals surface area (Å²) in [6, 6.07) is -4.01. The number of carboxylic acids is 1. The van der Waals surface area contributed by atoms with Gasteiger partial charge in [0.2, 0.25) is 17.7 Å². The normalized spacial score (nSPS) is 20.4. The van der Waals surface area contributed by atoms with Crippen LogP contribution < -0.4 is 16.4 Å². The van der Waals surface area contributed by atoms with Crippen LogP contribution in [0.4, 0.5) is 0 Å². The molecule has 0 aliphatic carbocycles. The molecule has 5 atom stereocenters. The Balaban J connectivity index is 2.95. The Morgan fingerprint density at radius 1 is 1.17 bits per heavy atom. The minimum absolute atomic E-state index is 0.165. The number of carboxylic acid groups (broad SMARTS) is 1. The van der Waals surface area contributed by atoms with E-state index in [0.29, 0.717) is 31.6 Å². The Hall–Kier alpha value is -1.85. The number of amides is 3. The first-order chi connectivity index (χ1) is 14.0. The zero-order valence-electron chi connectivity index (χ0n) is 18.0. The van der Waals surface area contributed by atoms with Gasteiger partial charge < -0.3 is 31.5 Å². The van der Waals surface area contributed by atoms with Crippen molar-refractivity contribution in [3.8, 4) is 0 Å². The number of nitrogens with one attached hydrogen (secondary N) is 2. The highest BCUT2D eigenvalue weighted by Gasteiger charge is 2.38. The molecule has 1 saturated heterocycles. The maximum atomic E-state index is 13.0. The Morgan fingerprint density at radius 2 is 1.80 bits per heavy atom. The van der Waals surface area contributed by atoms with E-state index in [2.05, 4.69) is 10.6 Å². The molecule has 1 aliphatic rings. The van der Waals surface area contributed by atoms with E-state index in [1.165, 1.54) is 23.6 Å². The number of rotatable bonds is 11. The predicted octanol–water partition coefficient (Wildman–Crippen LogP) is -0.851. The van der Waals surface area contributed by atoms with Gasteiger partial charge in [0.25, 0.3) is 0 Å². The van der Waals surface area contributed by atoms with Crippen LogP contribution in [0.25, 0.3) is 0 Å². The maximum Gasteiger partial charge on any atom is 0.326 e. The van der Waals surface area contributed by atoms with Crippen molar-refractivity contribution < 1.29 is 29.4 Å². The molecule has 0 saturated carbocycles. The van der Waals surface area contributed by atoms with E-state index in [1.807, 2.05) is 6.26 Å². The Labute approximate surface area is 181 Å². The molecule has 0 aromatic rings. The highest BCUT2D eigenvalue weighted by atomic mass is 32.2. The van der Waals surface area contributed by atoms with E-state index in [-0.39, 0.29) is 5.92 Å². The second-order valence-corrected chi connectivity index (χ2v) is 8.85. The van der Waals surface area contributed by atoms with Crippen molar-refractivity contribution in [1.29, 1.82) is 0 Å². The van der Waals surface area contributed by atoms with Gasteiger partial charge in [0, 0.05) is 6.54 Å². The van der Waals surface area contributed by atoms with Crippen LogP contribution in [0.1, 0.15) is 40.0 Å². The Kier molecular flexibility index (Phi) is 10.6. The SMILES string of the molecule is CSCCC(NC(=O)C(NC(=O)C(N)C(C)C)C(C)O)C(=O)N1CCCC1C(=O)O. The molecule has 0 aromatic heterocycles. The van der Waals surface area contributed by atoms with Crippen molar-refractivity contribution in [2.45, 2.75) is 70.3 Å². The van der Waals surface area contributed by atoms with Gasteiger partial charge in [-0.15, -0.1) is 0 Å². The number of hydrogen-bond acceptors (Lipinski definition) is 7. The van der Waals surface area contributed by atoms with Crippen LogP contribution in [0.2, 0.25) is 0 Å². The van der Waals surface area contributed by atoms with Crippen LogP contribution in [0.15, 0.2) is 0 Å². The molecule has 1 heterocycles. The summed E-state index contributed by atoms with van der Waals surface area (Å²) in [4.78, 5) is 50.7. The zero-order valence-corrected chi connectivity index (χ0v) is 18.8. The van der Waals surface area contributed by atoms with Gasteiger partial charge in [-0.25, -0.2) is 4.79 Å². The Morgan fingerprint density at radius 3 is 2.30 bits per heavy atom. The van der Waals surface area contributed by atoms with Gasteiger partial charge in [0.1, 0.15) is 18.1 Å². The van der Waals surface area contributed by atoms with Crippen LogP contribution in [0.5, 0.6) is 0 Å². The fraction of sp³-hybridized carbons (Fsp3) is 0.789. The average Bonchev–Trinajstić information content (AvgIpc) is 3.17. The molecule has 172 valence electrons. The van der Waals surface area contributed by atoms with Crippen molar-refractivity contribution in [2.75, 3.05) is 18.6 Å². The van der Waals surface area contributed by atoms with Gasteiger partial charge in [0.15, 0.2) is 0 Å². The molecule has 0 aromatic carbocycles. The third kappa shape index (κ3) is 7.13. The molecule has 6 N–H and O–H groups in total. The molecule has 30 heavy (non-hydrogen) atoms. The number of hydrogen-bond donors (Lipinski definition) is 5. The molecule has 11 heteroatoms. The highest BCUT2D eigenvalue weighted by Crippen LogP contribution is 2.19. The lowest BCUT2D eigenvalue weighted by atomic mass is 10.0. The lowest BCUT2D eigenvalue weighted by Gasteiger charge is -2.29. The second-order valence-electron chi connectivity index (χ2n) is 7.87. The van der Waals surface area contributed by atoms with Crippen LogP contribution in [0.3, 0.4) is 0 Å². The summed E-state index contributed by atoms with van der Waals surface area (Å²) in [5.74, 6) is -2.46. The summed E-state index contributed by atoms with van der Waals surface area (Å²) in [6.07, 6.45) is 1.87. The number of aliphatic hydroxyl groups excluding tert-OH is 1. The van der Waals surface area contributed by atoms with Gasteiger partial charge in [0.05, 0.1) is 12.1 Å². The fourth-order valence-corrected chi connectivity index (χ4v) is 3.67. The molecule has 0 radical (unpaired) electrons. The quantitative estimate of drug-likeness (QED) is 0.274. The smallest absolute Gasteiger partial charge is 0.326 e. The third-order valence-electron chi connectivity index (χ3n) is 5.13. The molecular formula is C19H34N4O6S. The number of carbonyl (C=O) groups excluding carboxylic acids is 3. The first kappa shape index (κ1) is 26.2. The fourth-order valence-electron chi connectivity index (χ4n) is 3.20. The first-order valence-corrected chi connectivity index (χ1v) is 11.5. The molecule has 1 aliphatic heterocycles. The van der Waals surface area contributed by atoms with E-state index in [9.17, 15) is 29.4 Å². The van der Waals surface area contributed by atoms with Crippen LogP contribution in [0, 0.1) is 5.92 Å². The predicted molar refractivity (Wildman–Crippen MR) is 114 cm³/mol. The molecule has 0 spiro atoms. The standard InChI is InChI=1S/C19H34N4O6S/c1-10(2)14(20)16(25)22-15(11(3)24)17(26)21-12(7-9-30-4)18(27)23-8-5-6-13(23)19(28)29/h10-15,24H,5-9,20H2,1-4H3,(H,21,26)(H,22,25)(H,28,29). The molecular weight excluding hydrogens is 412 g/mol. The monoisotopic (exact) mass is 446 g/mol. The summed E-state index contributed by atoms with van der Waals surface area (Å²) in [5, 5.41) is 24.4. The maximum absolute atomic E-state index is 13.0. The van der Waals surface area contributed by atoms with Crippen molar-refractivity contribution in [3.05, 3.63) is 0 Å². The molecule has 3 amide bonds. The number of nitrogens with two attached hydrogens (primary N) is 1. The molecule has 10 nitrogen and oxygen atoms in total. The molecule has 1 rings (SSSR count). The van der Waals surface area contributed by atoms with Gasteiger partial charge in [-0.2, -0.15) is 11.8 Å². The first-order valence-electron chi connectivity index (χ1n) is 10.1. The number of likely N-dealkylation sites (tertiary alicyclic amines) is 1. The minimum Gasteiger partial charge on any atom is -0.480 e. The zero-order chi connectivity index (χ0) is 23.0. The lowest BCUT2D eigenvalue weighted by Crippen LogP contribution is -2.60. The summed E-state index contributed by atoms with van der Waals surface area (Å²) in [5.41, 5.74) is 5.81. The lowest BCUT2D eigenvalue weighted by molar-refractivity contribution is -0.149. The van der Waals surface area contributed by atoms with E-state index >= 15 is 0 Å². The van der Waals surface area contributed by atoms with E-state index in [1.54, 1.807) is 13.8 Å². The summed E-state index contributed by atoms with van der Waals surface area (Å²) < 4.78 is 0. The Bertz CT molecular complexity index is 630. The minimum atomic E-state index is -1.29. The van der Waals surface area contributed by atoms with Gasteiger partial charge in [-0.1, -0.05) is 13.8 Å². The third-order valence-corrected chi connectivity index (χ3v) is 5.77. The molecule has 5 unspecified atom stereocenters. The molecule has 0 bridgehead atoms. The van der Waals surface area contributed by atoms with Gasteiger partial charge in [-0.05, 0) is 44.1 Å².